The molecule has 0 radical (unpaired) electrons. The van der Waals surface area contributed by atoms with E-state index in [1.165, 1.54) is 5.69 Å². The lowest BCUT2D eigenvalue weighted by Crippen LogP contribution is -2.50. The first kappa shape index (κ1) is 12.2. The van der Waals surface area contributed by atoms with Gasteiger partial charge in [0.15, 0.2) is 0 Å². The van der Waals surface area contributed by atoms with Gasteiger partial charge in [0.2, 0.25) is 11.8 Å². The predicted octanol–water partition coefficient (Wildman–Crippen LogP) is 1.71. The van der Waals surface area contributed by atoms with E-state index in [2.05, 4.69) is 22.3 Å². The SMILES string of the molecule is O=C1CC2(CCN(c3ccccc3)CC2)CC(=O)N1. The second-order valence-corrected chi connectivity index (χ2v) is 5.65. The average Bonchev–Trinajstić information content (AvgIpc) is 2.39. The number of benzene rings is 1. The second kappa shape index (κ2) is 4.68. The number of rotatable bonds is 1. The molecule has 4 heteroatoms. The molecule has 1 aromatic rings. The third-order valence-corrected chi connectivity index (χ3v) is 4.30. The minimum absolute atomic E-state index is 0.0926. The highest BCUT2D eigenvalue weighted by Crippen LogP contribution is 2.41. The summed E-state index contributed by atoms with van der Waals surface area (Å²) in [7, 11) is 0. The van der Waals surface area contributed by atoms with Crippen LogP contribution in [-0.2, 0) is 9.59 Å². The van der Waals surface area contributed by atoms with Crippen LogP contribution < -0.4 is 10.2 Å². The quantitative estimate of drug-likeness (QED) is 0.780. The van der Waals surface area contributed by atoms with Crippen molar-refractivity contribution in [3.63, 3.8) is 0 Å². The summed E-state index contributed by atoms with van der Waals surface area (Å²) in [6.07, 6.45) is 2.84. The van der Waals surface area contributed by atoms with Gasteiger partial charge in [-0.1, -0.05) is 18.2 Å². The summed E-state index contributed by atoms with van der Waals surface area (Å²) in [6, 6.07) is 10.3. The molecule has 1 aromatic carbocycles. The number of carbonyl (C=O) groups excluding carboxylic acids is 2. The summed E-state index contributed by atoms with van der Waals surface area (Å²) < 4.78 is 0. The highest BCUT2D eigenvalue weighted by molar-refractivity contribution is 5.98. The second-order valence-electron chi connectivity index (χ2n) is 5.65. The fourth-order valence-electron chi connectivity index (χ4n) is 3.22. The van der Waals surface area contributed by atoms with Gasteiger partial charge in [0.1, 0.15) is 0 Å². The minimum Gasteiger partial charge on any atom is -0.371 e. The molecule has 4 nitrogen and oxygen atoms in total. The summed E-state index contributed by atoms with van der Waals surface area (Å²) in [5.74, 6) is -0.214. The van der Waals surface area contributed by atoms with Crippen LogP contribution in [0.1, 0.15) is 25.7 Å². The minimum atomic E-state index is -0.107. The molecule has 0 saturated carbocycles. The fourth-order valence-corrected chi connectivity index (χ4v) is 3.22. The molecule has 2 amide bonds. The number of hydrogen-bond acceptors (Lipinski definition) is 3. The van der Waals surface area contributed by atoms with E-state index < -0.39 is 0 Å². The third kappa shape index (κ3) is 2.48. The van der Waals surface area contributed by atoms with Gasteiger partial charge in [-0.15, -0.1) is 0 Å². The maximum absolute atomic E-state index is 11.6. The molecule has 0 unspecified atom stereocenters. The third-order valence-electron chi connectivity index (χ3n) is 4.30. The Morgan fingerprint density at radius 1 is 0.947 bits per heavy atom. The number of piperidine rings is 2. The molecule has 0 atom stereocenters. The number of hydrogen-bond donors (Lipinski definition) is 1. The van der Waals surface area contributed by atoms with Gasteiger partial charge in [0.05, 0.1) is 0 Å². The van der Waals surface area contributed by atoms with E-state index in [9.17, 15) is 9.59 Å². The van der Waals surface area contributed by atoms with Gasteiger partial charge in [0, 0.05) is 31.6 Å². The molecule has 1 N–H and O–H groups in total. The van der Waals surface area contributed by atoms with Gasteiger partial charge >= 0.3 is 0 Å². The molecule has 1 spiro atoms. The fraction of sp³-hybridized carbons (Fsp3) is 0.467. The van der Waals surface area contributed by atoms with Crippen molar-refractivity contribution in [2.75, 3.05) is 18.0 Å². The zero-order valence-corrected chi connectivity index (χ0v) is 10.9. The molecule has 2 aliphatic heterocycles. The van der Waals surface area contributed by atoms with Crippen LogP contribution >= 0.6 is 0 Å². The summed E-state index contributed by atoms with van der Waals surface area (Å²) in [5, 5.41) is 2.40. The van der Waals surface area contributed by atoms with Gasteiger partial charge in [-0.2, -0.15) is 0 Å². The monoisotopic (exact) mass is 258 g/mol. The Morgan fingerprint density at radius 3 is 2.11 bits per heavy atom. The van der Waals surface area contributed by atoms with Gasteiger partial charge < -0.3 is 4.90 Å². The highest BCUT2D eigenvalue weighted by Gasteiger charge is 2.41. The summed E-state index contributed by atoms with van der Waals surface area (Å²) in [6.45, 7) is 1.84. The van der Waals surface area contributed by atoms with Crippen molar-refractivity contribution in [2.45, 2.75) is 25.7 Å². The molecule has 0 aromatic heterocycles. The van der Waals surface area contributed by atoms with E-state index in [4.69, 9.17) is 0 Å². The first-order chi connectivity index (χ1) is 9.17. The number of carbonyl (C=O) groups is 2. The van der Waals surface area contributed by atoms with Gasteiger partial charge in [-0.05, 0) is 30.4 Å². The van der Waals surface area contributed by atoms with Crippen LogP contribution in [0.15, 0.2) is 30.3 Å². The Hall–Kier alpha value is -1.84. The molecule has 2 fully saturated rings. The molecule has 100 valence electrons. The van der Waals surface area contributed by atoms with Crippen LogP contribution in [0.2, 0.25) is 0 Å². The molecule has 0 bridgehead atoms. The van der Waals surface area contributed by atoms with Crippen molar-refractivity contribution in [2.24, 2.45) is 5.41 Å². The zero-order valence-electron chi connectivity index (χ0n) is 10.9. The van der Waals surface area contributed by atoms with Crippen LogP contribution in [-0.4, -0.2) is 24.9 Å². The van der Waals surface area contributed by atoms with Gasteiger partial charge in [-0.25, -0.2) is 0 Å². The Kier molecular flexibility index (Phi) is 3.01. The van der Waals surface area contributed by atoms with Crippen molar-refractivity contribution < 1.29 is 9.59 Å². The molecule has 2 aliphatic rings. The maximum Gasteiger partial charge on any atom is 0.227 e. The first-order valence-corrected chi connectivity index (χ1v) is 6.80. The van der Waals surface area contributed by atoms with E-state index in [0.717, 1.165) is 25.9 Å². The molecular formula is C15H18N2O2. The predicted molar refractivity (Wildman–Crippen MR) is 72.7 cm³/mol. The van der Waals surface area contributed by atoms with E-state index in [1.54, 1.807) is 0 Å². The summed E-state index contributed by atoms with van der Waals surface area (Å²) in [4.78, 5) is 25.4. The highest BCUT2D eigenvalue weighted by atomic mass is 16.2. The maximum atomic E-state index is 11.6. The molecule has 2 saturated heterocycles. The van der Waals surface area contributed by atoms with Crippen LogP contribution in [0.25, 0.3) is 0 Å². The Bertz CT molecular complexity index is 472. The van der Waals surface area contributed by atoms with E-state index in [0.29, 0.717) is 12.8 Å². The van der Waals surface area contributed by atoms with Gasteiger partial charge in [-0.3, -0.25) is 14.9 Å². The number of anilines is 1. The van der Waals surface area contributed by atoms with Crippen LogP contribution in [0.3, 0.4) is 0 Å². The Balaban J connectivity index is 1.69. The Labute approximate surface area is 112 Å². The van der Waals surface area contributed by atoms with Crippen molar-refractivity contribution in [1.82, 2.24) is 5.32 Å². The molecule has 0 aliphatic carbocycles. The average molecular weight is 258 g/mol. The number of nitrogens with one attached hydrogen (secondary N) is 1. The van der Waals surface area contributed by atoms with Crippen LogP contribution in [0.5, 0.6) is 0 Å². The van der Waals surface area contributed by atoms with Gasteiger partial charge in [0.25, 0.3) is 0 Å². The lowest BCUT2D eigenvalue weighted by atomic mass is 9.71. The molecular weight excluding hydrogens is 240 g/mol. The van der Waals surface area contributed by atoms with E-state index in [-0.39, 0.29) is 17.2 Å². The van der Waals surface area contributed by atoms with Crippen LogP contribution in [0.4, 0.5) is 5.69 Å². The summed E-state index contributed by atoms with van der Waals surface area (Å²) in [5.41, 5.74) is 1.13. The van der Waals surface area contributed by atoms with E-state index in [1.807, 2.05) is 18.2 Å². The topological polar surface area (TPSA) is 49.4 Å². The number of para-hydroxylation sites is 1. The van der Waals surface area contributed by atoms with Crippen molar-refractivity contribution >= 4 is 17.5 Å². The number of amides is 2. The normalized spacial score (nSPS) is 22.4. The van der Waals surface area contributed by atoms with Crippen molar-refractivity contribution in [1.29, 1.82) is 0 Å². The largest absolute Gasteiger partial charge is 0.371 e. The van der Waals surface area contributed by atoms with E-state index >= 15 is 0 Å². The van der Waals surface area contributed by atoms with Crippen LogP contribution in [0, 0.1) is 5.41 Å². The van der Waals surface area contributed by atoms with Crippen molar-refractivity contribution in [3.8, 4) is 0 Å². The molecule has 3 rings (SSSR count). The summed E-state index contributed by atoms with van der Waals surface area (Å²) >= 11 is 0. The first-order valence-electron chi connectivity index (χ1n) is 6.80. The zero-order chi connectivity index (χ0) is 13.3. The molecule has 2 heterocycles. The molecule has 19 heavy (non-hydrogen) atoms. The standard InChI is InChI=1S/C15H18N2O2/c18-13-10-15(11-14(19)16-13)6-8-17(9-7-15)12-4-2-1-3-5-12/h1-5H,6-11H2,(H,16,18,19). The lowest BCUT2D eigenvalue weighted by Gasteiger charge is -2.43. The lowest BCUT2D eigenvalue weighted by molar-refractivity contribution is -0.138. The van der Waals surface area contributed by atoms with Crippen molar-refractivity contribution in [3.05, 3.63) is 30.3 Å². The Morgan fingerprint density at radius 2 is 1.53 bits per heavy atom. The smallest absolute Gasteiger partial charge is 0.227 e. The number of nitrogens with zero attached hydrogens (tertiary/aromatic N) is 1. The number of imide groups is 1.